The van der Waals surface area contributed by atoms with Crippen molar-refractivity contribution in [1.29, 1.82) is 0 Å². The maximum Gasteiger partial charge on any atom is 0.345 e. The molecule has 612 valence electrons. The molecule has 1 unspecified atom stereocenters. The first kappa shape index (κ1) is 86.6. The van der Waals surface area contributed by atoms with E-state index in [9.17, 15) is 60.8 Å². The first-order chi connectivity index (χ1) is 54.9. The van der Waals surface area contributed by atoms with Gasteiger partial charge in [-0.25, -0.2) is 33.9 Å². The van der Waals surface area contributed by atoms with Gasteiger partial charge in [0.1, 0.15) is 72.1 Å². The number of carboxylic acid groups (broad SMARTS) is 1. The third-order valence-corrected chi connectivity index (χ3v) is 22.3. The van der Waals surface area contributed by atoms with Gasteiger partial charge in [0.2, 0.25) is 47.4 Å². The molecule has 8 aromatic rings. The van der Waals surface area contributed by atoms with Gasteiger partial charge < -0.3 is 70.9 Å². The van der Waals surface area contributed by atoms with E-state index in [1.165, 1.54) is 41.7 Å². The molecule has 5 aromatic carbocycles. The Balaban J connectivity index is 0.805. The maximum absolute atomic E-state index is 14.6. The number of carbonyl (C=O) groups is 8. The molecule has 2 aliphatic rings. The van der Waals surface area contributed by atoms with Crippen molar-refractivity contribution in [3.63, 3.8) is 0 Å². The van der Waals surface area contributed by atoms with E-state index >= 15 is 0 Å². The van der Waals surface area contributed by atoms with Gasteiger partial charge in [0.15, 0.2) is 5.82 Å². The molecule has 35 heteroatoms. The molecule has 3 aromatic heterocycles. The van der Waals surface area contributed by atoms with Gasteiger partial charge in [0, 0.05) is 92.8 Å². The molecule has 2 fully saturated rings. The molecular formula is C80H95ClFN14O17S2+. The summed E-state index contributed by atoms with van der Waals surface area (Å²) in [5.41, 5.74) is 17.2. The Morgan fingerprint density at radius 3 is 2.28 bits per heavy atom. The van der Waals surface area contributed by atoms with Crippen LogP contribution in [-0.4, -0.2) is 221 Å². The Kier molecular flexibility index (Phi) is 29.7. The highest BCUT2D eigenvalue weighted by Crippen LogP contribution is 2.50. The number of urea groups is 1. The monoisotopic (exact) mass is 1640 g/mol. The number of primary amides is 1. The Hall–Kier alpha value is -10.8. The lowest BCUT2D eigenvalue weighted by atomic mass is 9.96. The van der Waals surface area contributed by atoms with Crippen LogP contribution in [0.5, 0.6) is 23.1 Å². The Morgan fingerprint density at radius 1 is 0.852 bits per heavy atom. The van der Waals surface area contributed by atoms with Crippen LogP contribution in [0.15, 0.2) is 122 Å². The molecule has 2 aliphatic heterocycles. The van der Waals surface area contributed by atoms with Crippen LogP contribution in [0.2, 0.25) is 5.02 Å². The van der Waals surface area contributed by atoms with E-state index in [0.717, 1.165) is 10.5 Å². The van der Waals surface area contributed by atoms with E-state index in [-0.39, 0.29) is 102 Å². The number of halogens is 2. The van der Waals surface area contributed by atoms with Crippen molar-refractivity contribution in [3.05, 3.63) is 161 Å². The largest absolute Gasteiger partial charge is 0.496 e. The van der Waals surface area contributed by atoms with Crippen molar-refractivity contribution in [2.45, 2.75) is 104 Å². The van der Waals surface area contributed by atoms with Gasteiger partial charge in [0.25, 0.3) is 10.1 Å². The number of likely N-dealkylation sites (N-methyl/N-ethyl adjacent to an activating group) is 2. The average Bonchev–Trinajstić information content (AvgIpc) is 1.60. The third kappa shape index (κ3) is 23.2. The predicted octanol–water partition coefficient (Wildman–Crippen LogP) is 7.57. The topological polar surface area (TPSA) is 419 Å². The van der Waals surface area contributed by atoms with Gasteiger partial charge in [-0.2, -0.15) is 8.42 Å². The summed E-state index contributed by atoms with van der Waals surface area (Å²) in [7, 11) is 0.438. The molecule has 5 atom stereocenters. The quantitative estimate of drug-likeness (QED) is 0.00796. The summed E-state index contributed by atoms with van der Waals surface area (Å²) >= 11 is 8.58. The zero-order valence-electron chi connectivity index (χ0n) is 64.8. The van der Waals surface area contributed by atoms with Crippen LogP contribution < -0.4 is 51.7 Å². The number of imide groups is 1. The summed E-state index contributed by atoms with van der Waals surface area (Å²) in [6.07, 6.45) is 1.44. The number of quaternary nitrogens is 1. The predicted molar refractivity (Wildman–Crippen MR) is 427 cm³/mol. The molecular weight excluding hydrogens is 1550 g/mol. The lowest BCUT2D eigenvalue weighted by Crippen LogP contribution is -2.57. The molecule has 115 heavy (non-hydrogen) atoms. The Labute approximate surface area is 673 Å². The van der Waals surface area contributed by atoms with Crippen LogP contribution in [0.1, 0.15) is 74.4 Å². The summed E-state index contributed by atoms with van der Waals surface area (Å²) in [4.78, 5) is 129. The molecule has 0 bridgehead atoms. The second-order valence-corrected chi connectivity index (χ2v) is 31.8. The molecule has 10 rings (SSSR count). The molecule has 5 heterocycles. The van der Waals surface area contributed by atoms with E-state index in [0.29, 0.717) is 132 Å². The number of nitrogens with two attached hydrogens (primary N) is 2. The minimum absolute atomic E-state index is 0.00286. The van der Waals surface area contributed by atoms with Crippen LogP contribution >= 0.6 is 22.9 Å². The molecule has 10 N–H and O–H groups in total. The summed E-state index contributed by atoms with van der Waals surface area (Å²) in [5.74, 6) is -5.04. The van der Waals surface area contributed by atoms with Crippen LogP contribution in [0.3, 0.4) is 0 Å². The zero-order chi connectivity index (χ0) is 82.8. The van der Waals surface area contributed by atoms with E-state index in [1.54, 1.807) is 101 Å². The fourth-order valence-electron chi connectivity index (χ4n) is 13.6. The SMILES string of the molecule is COc1ccccc1-c1nccc(COc2ccccc2C[C@@H](Oc2ncnc3sc(-c4ccc(F)cc4)c(-c4ccc(OCCN5CC[N+](C)(Cc6ccc(NC(=O)[C@H](CCCNC(N)=O)NC(=O)[C@@H](NC(=O)CCOCCN7C(=O)CC(C)C7=O)C(C)C)cc6CN(C)C(=O)[C@H](N)CS(=O)(=O)O)CC5)c(Cl)c4C)c23)C(=O)O)n1. The molecule has 8 amide bonds. The number of aliphatic carboxylic acids is 1. The summed E-state index contributed by atoms with van der Waals surface area (Å²) in [6.45, 7) is 10.6. The number of hydrogen-bond acceptors (Lipinski definition) is 22. The van der Waals surface area contributed by atoms with Gasteiger partial charge in [-0.1, -0.05) is 87.0 Å². The first-order valence-corrected chi connectivity index (χ1v) is 40.2. The van der Waals surface area contributed by atoms with Crippen LogP contribution in [0.25, 0.3) is 43.2 Å². The molecule has 0 saturated carbocycles. The number of para-hydroxylation sites is 2. The minimum atomic E-state index is -4.64. The van der Waals surface area contributed by atoms with Crippen molar-refractivity contribution in [2.75, 3.05) is 97.9 Å². The summed E-state index contributed by atoms with van der Waals surface area (Å²) < 4.78 is 78.7. The number of carbonyl (C=O) groups excluding carboxylic acids is 7. The number of benzene rings is 5. The number of anilines is 1. The van der Waals surface area contributed by atoms with Gasteiger partial charge in [-0.3, -0.25) is 43.1 Å². The van der Waals surface area contributed by atoms with Gasteiger partial charge in [0.05, 0.1) is 74.4 Å². The van der Waals surface area contributed by atoms with Crippen molar-refractivity contribution in [3.8, 4) is 56.1 Å². The zero-order valence-corrected chi connectivity index (χ0v) is 67.2. The smallest absolute Gasteiger partial charge is 0.345 e. The van der Waals surface area contributed by atoms with Crippen molar-refractivity contribution >= 4 is 96.4 Å². The van der Waals surface area contributed by atoms with Crippen molar-refractivity contribution < 1.29 is 89.0 Å². The number of rotatable bonds is 39. The van der Waals surface area contributed by atoms with Gasteiger partial charge >= 0.3 is 12.0 Å². The van der Waals surface area contributed by atoms with Gasteiger partial charge in [-0.15, -0.1) is 11.3 Å². The summed E-state index contributed by atoms with van der Waals surface area (Å²) in [5, 5.41) is 22.4. The molecule has 0 spiro atoms. The molecule has 0 aliphatic carbocycles. The highest BCUT2D eigenvalue weighted by atomic mass is 35.5. The Morgan fingerprint density at radius 2 is 1.58 bits per heavy atom. The number of ether oxygens (including phenoxy) is 5. The number of nitrogens with one attached hydrogen (secondary N) is 4. The van der Waals surface area contributed by atoms with Crippen LogP contribution in [-0.2, 0) is 74.5 Å². The molecule has 2 saturated heterocycles. The number of fused-ring (bicyclic) bond motifs is 1. The van der Waals surface area contributed by atoms with Crippen molar-refractivity contribution in [2.24, 2.45) is 23.3 Å². The lowest BCUT2D eigenvalue weighted by Gasteiger charge is -2.42. The number of likely N-dealkylation sites (tertiary alicyclic amines) is 1. The number of piperazine rings is 1. The third-order valence-electron chi connectivity index (χ3n) is 19.9. The standard InChI is InChI=1S/C80H94ClFN14O17S2/c1-47(2)70(92-65(97)27-36-110-37-33-95-66(98)39-48(3)77(95)101)74(100)91-60(15-12-28-86-80(84)105)73(99)90-55-23-20-52(53(40-55)42-93(5)78(102)59(83)45-115(106,107)108)43-96(6)34-30-94(31-35-96)32-38-111-63-25-24-57(49(4)69(63)81)67-68-75(87-46-88-76(68)114-71(67)50-18-21-54(82)22-19-50)113-64(79(103)104)41-51-13-8-10-16-61(51)112-44-56-26-29-85-72(89-56)58-14-9-11-17-62(58)109-7/h8-11,13-14,16-26,29,40,46-48,59-60,64,70H,12,15,27-28,30-39,41-45,83H2,1-7H3,(H7-,84,86,90,91,92,97,99,100,103,104,105,106,107,108)/p+1/t48?,59-,60+,64-,70+/m1/s1. The van der Waals surface area contributed by atoms with Crippen LogP contribution in [0.4, 0.5) is 14.9 Å². The number of aromatic nitrogens is 4. The maximum atomic E-state index is 14.6. The normalized spacial score (nSPS) is 15.3. The number of nitrogens with zero attached hydrogens (tertiary/aromatic N) is 8. The van der Waals surface area contributed by atoms with E-state index in [2.05, 4.69) is 48.2 Å². The number of carboxylic acids is 1. The number of amides is 8. The number of hydrogen-bond donors (Lipinski definition) is 8. The average molecular weight is 1640 g/mol. The fourth-order valence-corrected chi connectivity index (χ4v) is 15.5. The van der Waals surface area contributed by atoms with E-state index < -0.39 is 93.4 Å². The molecule has 31 nitrogen and oxygen atoms in total. The summed E-state index contributed by atoms with van der Waals surface area (Å²) in [6, 6.07) is 26.1. The number of methoxy groups -OCH3 is 1. The first-order valence-electron chi connectivity index (χ1n) is 37.4. The highest BCUT2D eigenvalue weighted by molar-refractivity contribution is 7.85. The second kappa shape index (κ2) is 39.5. The van der Waals surface area contributed by atoms with E-state index in [1.807, 2.05) is 37.3 Å². The minimum Gasteiger partial charge on any atom is -0.496 e. The van der Waals surface area contributed by atoms with Crippen molar-refractivity contribution in [1.82, 2.24) is 50.6 Å². The second-order valence-electron chi connectivity index (χ2n) is 28.9. The molecule has 0 radical (unpaired) electrons. The lowest BCUT2D eigenvalue weighted by molar-refractivity contribution is -0.926. The van der Waals surface area contributed by atoms with Gasteiger partial charge in [-0.05, 0) is 108 Å². The van der Waals surface area contributed by atoms with Crippen LogP contribution in [0, 0.1) is 24.6 Å². The Bertz CT molecular complexity index is 4980. The highest BCUT2D eigenvalue weighted by Gasteiger charge is 2.37. The number of thiophene rings is 1. The van der Waals surface area contributed by atoms with E-state index in [4.69, 9.17) is 51.7 Å². The fraction of sp³-hybridized carbons (Fsp3) is 0.400.